The highest BCUT2D eigenvalue weighted by atomic mass is 35.5. The molecule has 0 aliphatic carbocycles. The Morgan fingerprint density at radius 2 is 2.06 bits per heavy atom. The number of carbonyl (C=O) groups is 1. The molecule has 0 saturated carbocycles. The van der Waals surface area contributed by atoms with Gasteiger partial charge in [-0.2, -0.15) is 0 Å². The van der Waals surface area contributed by atoms with E-state index in [4.69, 9.17) is 21.4 Å². The summed E-state index contributed by atoms with van der Waals surface area (Å²) in [5.74, 6) is -0.519. The molecule has 0 unspecified atom stereocenters. The number of nitrogens with one attached hydrogen (secondary N) is 1. The largest absolute Gasteiger partial charge is 0.496 e. The average Bonchev–Trinajstić information content (AvgIpc) is 2.78. The second kappa shape index (κ2) is 5.59. The first-order chi connectivity index (χ1) is 8.15. The molecule has 2 N–H and O–H groups in total. The van der Waals surface area contributed by atoms with Crippen molar-refractivity contribution >= 4 is 28.5 Å². The lowest BCUT2D eigenvalue weighted by atomic mass is 10.1. The molecule has 0 saturated heterocycles. The second-order valence-corrected chi connectivity index (χ2v) is 3.41. The lowest BCUT2D eigenvalue weighted by Gasteiger charge is -2.03. The van der Waals surface area contributed by atoms with E-state index < -0.39 is 5.97 Å². The van der Waals surface area contributed by atoms with Gasteiger partial charge in [0.1, 0.15) is 5.75 Å². The summed E-state index contributed by atoms with van der Waals surface area (Å²) in [6.07, 6.45) is 1.40. The number of carboxylic acids is 1. The van der Waals surface area contributed by atoms with Crippen LogP contribution in [0.2, 0.25) is 5.02 Å². The number of H-pyrrole nitrogens is 1. The molecule has 0 radical (unpaired) electrons. The summed E-state index contributed by atoms with van der Waals surface area (Å²) < 4.78 is 5.09. The van der Waals surface area contributed by atoms with Gasteiger partial charge in [0, 0.05) is 6.20 Å². The molecular formula is C12H14ClNO3. The van der Waals surface area contributed by atoms with Gasteiger partial charge in [-0.05, 0) is 12.1 Å². The molecule has 5 heteroatoms. The Hall–Kier alpha value is -1.68. The molecule has 0 aliphatic heterocycles. The van der Waals surface area contributed by atoms with E-state index >= 15 is 0 Å². The van der Waals surface area contributed by atoms with Gasteiger partial charge in [-0.25, -0.2) is 4.79 Å². The summed E-state index contributed by atoms with van der Waals surface area (Å²) in [5, 5.41) is 9.93. The number of halogens is 1. The van der Waals surface area contributed by atoms with Crippen LogP contribution in [0.1, 0.15) is 24.2 Å². The van der Waals surface area contributed by atoms with E-state index in [1.165, 1.54) is 13.3 Å². The smallest absolute Gasteiger partial charge is 0.338 e. The van der Waals surface area contributed by atoms with Crippen LogP contribution in [0.15, 0.2) is 18.3 Å². The minimum atomic E-state index is -1.01. The normalized spacial score (nSPS) is 9.65. The van der Waals surface area contributed by atoms with E-state index in [2.05, 4.69) is 4.98 Å². The number of carboxylic acid groups (broad SMARTS) is 1. The number of aromatic carboxylic acids is 1. The molecule has 1 aromatic heterocycles. The van der Waals surface area contributed by atoms with Crippen LogP contribution in [0.4, 0.5) is 0 Å². The Bertz CT molecular complexity index is 534. The SMILES string of the molecule is CC.COc1ccc(Cl)c2[nH]cc(C(=O)O)c12. The van der Waals surface area contributed by atoms with Crippen LogP contribution in [-0.4, -0.2) is 23.2 Å². The van der Waals surface area contributed by atoms with Crippen molar-refractivity contribution in [2.75, 3.05) is 7.11 Å². The first kappa shape index (κ1) is 13.4. The summed E-state index contributed by atoms with van der Waals surface area (Å²) in [6, 6.07) is 3.30. The van der Waals surface area contributed by atoms with Gasteiger partial charge >= 0.3 is 5.97 Å². The van der Waals surface area contributed by atoms with Gasteiger partial charge < -0.3 is 14.8 Å². The number of aromatic amines is 1. The Kier molecular flexibility index (Phi) is 4.40. The molecule has 0 fully saturated rings. The number of benzene rings is 1. The van der Waals surface area contributed by atoms with E-state index in [9.17, 15) is 4.79 Å². The van der Waals surface area contributed by atoms with Gasteiger partial charge in [-0.3, -0.25) is 0 Å². The van der Waals surface area contributed by atoms with E-state index in [0.29, 0.717) is 21.7 Å². The van der Waals surface area contributed by atoms with Crippen molar-refractivity contribution < 1.29 is 14.6 Å². The fourth-order valence-corrected chi connectivity index (χ4v) is 1.73. The predicted molar refractivity (Wildman–Crippen MR) is 68.2 cm³/mol. The fraction of sp³-hybridized carbons (Fsp3) is 0.250. The Morgan fingerprint density at radius 1 is 1.41 bits per heavy atom. The third-order valence-electron chi connectivity index (χ3n) is 2.20. The standard InChI is InChI=1S/C10H8ClNO3.C2H6/c1-15-7-3-2-6(11)9-8(7)5(4-12-9)10(13)14;1-2/h2-4,12H,1H3,(H,13,14);1-2H3. The molecule has 0 bridgehead atoms. The molecule has 1 heterocycles. The van der Waals surface area contributed by atoms with Gasteiger partial charge in [0.05, 0.1) is 28.6 Å². The van der Waals surface area contributed by atoms with Crippen molar-refractivity contribution in [3.05, 3.63) is 28.9 Å². The van der Waals surface area contributed by atoms with Crippen molar-refractivity contribution in [3.63, 3.8) is 0 Å². The Balaban J connectivity index is 0.000000686. The number of methoxy groups -OCH3 is 1. The highest BCUT2D eigenvalue weighted by Gasteiger charge is 2.16. The van der Waals surface area contributed by atoms with Crippen molar-refractivity contribution in [1.29, 1.82) is 0 Å². The molecule has 0 spiro atoms. The molecule has 0 aliphatic rings. The van der Waals surface area contributed by atoms with Gasteiger partial charge in [-0.15, -0.1) is 0 Å². The first-order valence-electron chi connectivity index (χ1n) is 5.22. The molecule has 0 amide bonds. The van der Waals surface area contributed by atoms with Crippen molar-refractivity contribution in [1.82, 2.24) is 4.98 Å². The maximum absolute atomic E-state index is 10.9. The summed E-state index contributed by atoms with van der Waals surface area (Å²) in [6.45, 7) is 4.00. The van der Waals surface area contributed by atoms with E-state index in [1.54, 1.807) is 12.1 Å². The minimum absolute atomic E-state index is 0.157. The highest BCUT2D eigenvalue weighted by Crippen LogP contribution is 2.33. The number of hydrogen-bond donors (Lipinski definition) is 2. The van der Waals surface area contributed by atoms with E-state index in [-0.39, 0.29) is 5.56 Å². The lowest BCUT2D eigenvalue weighted by Crippen LogP contribution is -1.95. The molecule has 0 atom stereocenters. The number of fused-ring (bicyclic) bond motifs is 1. The lowest BCUT2D eigenvalue weighted by molar-refractivity contribution is 0.0699. The molecule has 2 aromatic rings. The molecule has 17 heavy (non-hydrogen) atoms. The van der Waals surface area contributed by atoms with E-state index in [0.717, 1.165) is 0 Å². The summed E-state index contributed by atoms with van der Waals surface area (Å²) >= 11 is 5.92. The van der Waals surface area contributed by atoms with E-state index in [1.807, 2.05) is 13.8 Å². The molecule has 1 aromatic carbocycles. The fourth-order valence-electron chi connectivity index (χ4n) is 1.52. The third kappa shape index (κ3) is 2.36. The van der Waals surface area contributed by atoms with Crippen LogP contribution in [0.5, 0.6) is 5.75 Å². The van der Waals surface area contributed by atoms with Gasteiger partial charge in [0.25, 0.3) is 0 Å². The zero-order valence-electron chi connectivity index (χ0n) is 9.87. The van der Waals surface area contributed by atoms with Gasteiger partial charge in [-0.1, -0.05) is 25.4 Å². The van der Waals surface area contributed by atoms with Crippen LogP contribution < -0.4 is 4.74 Å². The summed E-state index contributed by atoms with van der Waals surface area (Å²) in [4.78, 5) is 13.8. The molecule has 92 valence electrons. The zero-order valence-corrected chi connectivity index (χ0v) is 10.6. The summed E-state index contributed by atoms with van der Waals surface area (Å²) in [7, 11) is 1.49. The molecular weight excluding hydrogens is 242 g/mol. The van der Waals surface area contributed by atoms with Gasteiger partial charge in [0.15, 0.2) is 0 Å². The third-order valence-corrected chi connectivity index (χ3v) is 2.51. The quantitative estimate of drug-likeness (QED) is 0.863. The maximum Gasteiger partial charge on any atom is 0.338 e. The van der Waals surface area contributed by atoms with Crippen LogP contribution in [-0.2, 0) is 0 Å². The Labute approximate surface area is 104 Å². The topological polar surface area (TPSA) is 62.3 Å². The van der Waals surface area contributed by atoms with Gasteiger partial charge in [0.2, 0.25) is 0 Å². The number of ether oxygens (including phenoxy) is 1. The predicted octanol–water partition coefficient (Wildman–Crippen LogP) is 3.55. The minimum Gasteiger partial charge on any atom is -0.496 e. The van der Waals surface area contributed by atoms with Crippen molar-refractivity contribution in [3.8, 4) is 5.75 Å². The van der Waals surface area contributed by atoms with Crippen LogP contribution in [0.3, 0.4) is 0 Å². The Morgan fingerprint density at radius 3 is 2.59 bits per heavy atom. The first-order valence-corrected chi connectivity index (χ1v) is 5.60. The monoisotopic (exact) mass is 255 g/mol. The number of aromatic nitrogens is 1. The zero-order chi connectivity index (χ0) is 13.0. The van der Waals surface area contributed by atoms with Crippen LogP contribution in [0.25, 0.3) is 10.9 Å². The van der Waals surface area contributed by atoms with Crippen LogP contribution >= 0.6 is 11.6 Å². The highest BCUT2D eigenvalue weighted by molar-refractivity contribution is 6.35. The average molecular weight is 256 g/mol. The summed E-state index contributed by atoms with van der Waals surface area (Å²) in [5.41, 5.74) is 0.734. The van der Waals surface area contributed by atoms with Crippen molar-refractivity contribution in [2.45, 2.75) is 13.8 Å². The molecule has 4 nitrogen and oxygen atoms in total. The molecule has 2 rings (SSSR count). The van der Waals surface area contributed by atoms with Crippen LogP contribution in [0, 0.1) is 0 Å². The maximum atomic E-state index is 10.9. The van der Waals surface area contributed by atoms with Crippen molar-refractivity contribution in [2.24, 2.45) is 0 Å². The number of hydrogen-bond acceptors (Lipinski definition) is 2. The number of rotatable bonds is 2. The second-order valence-electron chi connectivity index (χ2n) is 3.01.